The molecule has 4 rings (SSSR count). The first-order valence-electron chi connectivity index (χ1n) is 12.2. The van der Waals surface area contributed by atoms with Crippen molar-refractivity contribution in [1.29, 1.82) is 0 Å². The lowest BCUT2D eigenvalue weighted by atomic mass is 10.0. The van der Waals surface area contributed by atoms with Crippen LogP contribution in [0.3, 0.4) is 0 Å². The van der Waals surface area contributed by atoms with E-state index in [1.54, 1.807) is 45.0 Å². The maximum Gasteiger partial charge on any atom is 0.573 e. The number of nitrogens with zero attached hydrogens (tertiary/aromatic N) is 2. The van der Waals surface area contributed by atoms with Gasteiger partial charge in [-0.15, -0.1) is 13.2 Å². The van der Waals surface area contributed by atoms with Crippen LogP contribution in [0, 0.1) is 0 Å². The molecule has 2 aliphatic rings. The van der Waals surface area contributed by atoms with Crippen molar-refractivity contribution in [2.75, 3.05) is 4.90 Å². The Morgan fingerprint density at radius 3 is 2.23 bits per heavy atom. The molecule has 0 bridgehead atoms. The number of ketones is 1. The van der Waals surface area contributed by atoms with Gasteiger partial charge in [-0.1, -0.05) is 24.3 Å². The fourth-order valence-corrected chi connectivity index (χ4v) is 4.94. The number of anilines is 1. The maximum absolute atomic E-state index is 13.7. The molecule has 2 aromatic rings. The first-order valence-corrected chi connectivity index (χ1v) is 12.2. The van der Waals surface area contributed by atoms with Crippen molar-refractivity contribution in [2.45, 2.75) is 70.1 Å². The lowest BCUT2D eigenvalue weighted by molar-refractivity contribution is -0.275. The normalized spacial score (nSPS) is 18.6. The molecule has 0 spiro atoms. The quantitative estimate of drug-likeness (QED) is 0.595. The lowest BCUT2D eigenvalue weighted by Crippen LogP contribution is -2.64. The Kier molecular flexibility index (Phi) is 7.09. The fourth-order valence-electron chi connectivity index (χ4n) is 4.94. The van der Waals surface area contributed by atoms with Gasteiger partial charge in [-0.2, -0.15) is 0 Å². The van der Waals surface area contributed by atoms with Gasteiger partial charge in [0.2, 0.25) is 11.8 Å². The Bertz CT molecular complexity index is 1300. The topological polar surface area (TPSA) is 119 Å². The van der Waals surface area contributed by atoms with Gasteiger partial charge in [0.25, 0.3) is 0 Å². The predicted octanol–water partition coefficient (Wildman–Crippen LogP) is 3.17. The minimum absolute atomic E-state index is 0.111. The predicted molar refractivity (Wildman–Crippen MR) is 131 cm³/mol. The number of carbonyl (C=O) groups is 4. The number of benzene rings is 2. The van der Waals surface area contributed by atoms with E-state index in [4.69, 9.17) is 0 Å². The van der Waals surface area contributed by atoms with Gasteiger partial charge < -0.3 is 29.8 Å². The van der Waals surface area contributed by atoms with Crippen LogP contribution in [0.5, 0.6) is 5.75 Å². The molecular weight excluding hydrogens is 519 g/mol. The summed E-state index contributed by atoms with van der Waals surface area (Å²) in [6.45, 7) is 4.76. The van der Waals surface area contributed by atoms with Crippen molar-refractivity contribution in [3.8, 4) is 5.75 Å². The van der Waals surface area contributed by atoms with Crippen molar-refractivity contribution < 1.29 is 42.2 Å². The number of nitrogens with one attached hydrogen (secondary N) is 1. The molecule has 39 heavy (non-hydrogen) atoms. The number of para-hydroxylation sites is 1. The van der Waals surface area contributed by atoms with Crippen LogP contribution in [0.4, 0.5) is 23.7 Å². The Morgan fingerprint density at radius 2 is 1.69 bits per heavy atom. The van der Waals surface area contributed by atoms with Crippen LogP contribution in [0.2, 0.25) is 0 Å². The first-order chi connectivity index (χ1) is 18.1. The molecule has 9 nitrogen and oxygen atoms in total. The van der Waals surface area contributed by atoms with Gasteiger partial charge in [0.05, 0.1) is 12.2 Å². The zero-order valence-electron chi connectivity index (χ0n) is 21.5. The zero-order valence-corrected chi connectivity index (χ0v) is 21.5. The molecular formula is C27H27F3N3O6-. The molecule has 2 aromatic carbocycles. The summed E-state index contributed by atoms with van der Waals surface area (Å²) in [5, 5.41) is 14.5. The molecule has 1 aliphatic heterocycles. The second-order valence-electron chi connectivity index (χ2n) is 10.6. The van der Waals surface area contributed by atoms with E-state index < -0.39 is 52.9 Å². The number of halogens is 3. The molecule has 12 heteroatoms. The first kappa shape index (κ1) is 27.9. The van der Waals surface area contributed by atoms with Crippen LogP contribution in [0.15, 0.2) is 48.5 Å². The minimum atomic E-state index is -4.86. The van der Waals surface area contributed by atoms with Crippen molar-refractivity contribution in [1.82, 2.24) is 10.2 Å². The number of rotatable bonds is 6. The molecule has 0 aromatic heterocycles. The lowest BCUT2D eigenvalue weighted by Gasteiger charge is -2.43. The summed E-state index contributed by atoms with van der Waals surface area (Å²) in [5.74, 6) is -2.16. The molecule has 1 saturated carbocycles. The third-order valence-electron chi connectivity index (χ3n) is 6.68. The molecule has 3 amide bonds. The van der Waals surface area contributed by atoms with E-state index in [1.165, 1.54) is 17.0 Å². The van der Waals surface area contributed by atoms with Crippen molar-refractivity contribution in [3.05, 3.63) is 59.7 Å². The number of carboxylic acid groups (broad SMARTS) is 1. The highest BCUT2D eigenvalue weighted by Gasteiger charge is 2.58. The average molecular weight is 547 g/mol. The van der Waals surface area contributed by atoms with Crippen molar-refractivity contribution in [2.24, 2.45) is 0 Å². The highest BCUT2D eigenvalue weighted by atomic mass is 19.4. The molecule has 1 N–H and O–H groups in total. The van der Waals surface area contributed by atoms with Crippen LogP contribution in [-0.4, -0.2) is 52.1 Å². The SMILES string of the molecule is CC(C)(C)N(C(=O)[O-])C1(C(=O)N[C@@H]2CC(=O)c3ccccc3N(Cc3ccc(OC(F)(F)F)cc3)C2=O)CC1. The number of carbonyl (C=O) groups excluding carboxylic acids is 4. The standard InChI is InChI=1S/C27H28F3N3O6/c1-25(2,3)33(24(37)38)26(12-13-26)23(36)31-19-14-21(34)18-6-4-5-7-20(18)32(22(19)35)15-16-8-10-17(11-9-16)39-27(28,29)30/h4-11,19H,12-15H2,1-3H3,(H,31,36)(H,37,38)/p-1/t19-/m1/s1. The average Bonchev–Trinajstić information content (AvgIpc) is 3.62. The van der Waals surface area contributed by atoms with Gasteiger partial charge in [-0.25, -0.2) is 0 Å². The van der Waals surface area contributed by atoms with Gasteiger partial charge in [0, 0.05) is 17.5 Å². The molecule has 208 valence electrons. The van der Waals surface area contributed by atoms with Gasteiger partial charge in [-0.3, -0.25) is 14.4 Å². The summed E-state index contributed by atoms with van der Waals surface area (Å²) in [6.07, 6.45) is -6.27. The van der Waals surface area contributed by atoms with Crippen LogP contribution in [-0.2, 0) is 16.1 Å². The Labute approximate surface area is 222 Å². The van der Waals surface area contributed by atoms with Gasteiger partial charge in [-0.05, 0) is 63.4 Å². The van der Waals surface area contributed by atoms with E-state index in [2.05, 4.69) is 10.1 Å². The second kappa shape index (κ2) is 9.90. The van der Waals surface area contributed by atoms with Gasteiger partial charge in [0.15, 0.2) is 5.78 Å². The Morgan fingerprint density at radius 1 is 1.08 bits per heavy atom. The number of amides is 3. The van der Waals surface area contributed by atoms with E-state index in [1.807, 2.05) is 0 Å². The summed E-state index contributed by atoms with van der Waals surface area (Å²) in [6, 6.07) is 10.0. The van der Waals surface area contributed by atoms with Crippen LogP contribution in [0.1, 0.15) is 56.0 Å². The van der Waals surface area contributed by atoms with Crippen LogP contribution >= 0.6 is 0 Å². The summed E-state index contributed by atoms with van der Waals surface area (Å²) >= 11 is 0. The highest BCUT2D eigenvalue weighted by molar-refractivity contribution is 6.13. The fraction of sp³-hybridized carbons (Fsp3) is 0.407. The van der Waals surface area contributed by atoms with Crippen LogP contribution in [0.25, 0.3) is 0 Å². The van der Waals surface area contributed by atoms with Gasteiger partial charge in [0.1, 0.15) is 23.4 Å². The van der Waals surface area contributed by atoms with E-state index in [-0.39, 0.29) is 37.1 Å². The number of hydrogen-bond acceptors (Lipinski definition) is 6. The number of hydrogen-bond donors (Lipinski definition) is 1. The van der Waals surface area contributed by atoms with E-state index in [0.717, 1.165) is 17.0 Å². The van der Waals surface area contributed by atoms with E-state index in [0.29, 0.717) is 5.56 Å². The van der Waals surface area contributed by atoms with Crippen molar-refractivity contribution >= 4 is 29.4 Å². The number of fused-ring (bicyclic) bond motifs is 1. The largest absolute Gasteiger partial charge is 0.573 e. The summed E-state index contributed by atoms with van der Waals surface area (Å²) in [4.78, 5) is 54.5. The highest BCUT2D eigenvalue weighted by Crippen LogP contribution is 2.45. The Hall–Kier alpha value is -4.09. The van der Waals surface area contributed by atoms with Crippen molar-refractivity contribution in [3.63, 3.8) is 0 Å². The smallest absolute Gasteiger partial charge is 0.530 e. The molecule has 0 radical (unpaired) electrons. The summed E-state index contributed by atoms with van der Waals surface area (Å²) in [7, 11) is 0. The molecule has 1 aliphatic carbocycles. The van der Waals surface area contributed by atoms with E-state index >= 15 is 0 Å². The maximum atomic E-state index is 13.7. The van der Waals surface area contributed by atoms with Gasteiger partial charge >= 0.3 is 6.36 Å². The second-order valence-corrected chi connectivity index (χ2v) is 10.6. The number of alkyl halides is 3. The monoisotopic (exact) mass is 546 g/mol. The number of Topliss-reactive ketones (excluding diaryl/α,β-unsaturated/α-hetero) is 1. The summed E-state index contributed by atoms with van der Waals surface area (Å²) in [5.41, 5.74) is -1.40. The zero-order chi connectivity index (χ0) is 28.8. The minimum Gasteiger partial charge on any atom is -0.530 e. The third-order valence-corrected chi connectivity index (χ3v) is 6.68. The third kappa shape index (κ3) is 5.84. The number of ether oxygens (including phenoxy) is 1. The molecule has 1 fully saturated rings. The molecule has 1 heterocycles. The Balaban J connectivity index is 1.62. The van der Waals surface area contributed by atoms with E-state index in [9.17, 15) is 37.5 Å². The molecule has 0 saturated heterocycles. The molecule has 1 atom stereocenters. The summed E-state index contributed by atoms with van der Waals surface area (Å²) < 4.78 is 41.5. The molecule has 0 unspecified atom stereocenters. The van der Waals surface area contributed by atoms with Crippen LogP contribution < -0.4 is 20.1 Å².